The molecule has 0 aliphatic heterocycles. The monoisotopic (exact) mass is 238 g/mol. The summed E-state index contributed by atoms with van der Waals surface area (Å²) in [4.78, 5) is 0. The van der Waals surface area contributed by atoms with E-state index in [0.29, 0.717) is 11.8 Å². The molecule has 0 fully saturated rings. The summed E-state index contributed by atoms with van der Waals surface area (Å²) in [5.41, 5.74) is 2.11. The molecule has 0 saturated carbocycles. The van der Waals surface area contributed by atoms with E-state index in [1.54, 1.807) is 6.07 Å². The van der Waals surface area contributed by atoms with Gasteiger partial charge in [-0.25, -0.2) is 4.39 Å². The molecule has 2 aliphatic carbocycles. The van der Waals surface area contributed by atoms with Gasteiger partial charge in [0.05, 0.1) is 0 Å². The van der Waals surface area contributed by atoms with Gasteiger partial charge in [-0.3, -0.25) is 0 Å². The molecule has 0 heterocycles. The van der Waals surface area contributed by atoms with Gasteiger partial charge in [-0.05, 0) is 29.7 Å². The van der Waals surface area contributed by atoms with Crippen LogP contribution >= 0.6 is 15.9 Å². The van der Waals surface area contributed by atoms with Crippen LogP contribution in [0.2, 0.25) is 0 Å². The Labute approximate surface area is 84.6 Å². The quantitative estimate of drug-likeness (QED) is 0.605. The maximum Gasteiger partial charge on any atom is 0.128 e. The summed E-state index contributed by atoms with van der Waals surface area (Å²) in [7, 11) is 0. The maximum absolute atomic E-state index is 13.5. The first-order chi connectivity index (χ1) is 6.25. The highest BCUT2D eigenvalue weighted by molar-refractivity contribution is 9.10. The van der Waals surface area contributed by atoms with Crippen LogP contribution < -0.4 is 0 Å². The normalized spacial score (nSPS) is 28.2. The number of benzene rings is 1. The first-order valence-electron chi connectivity index (χ1n) is 4.43. The highest BCUT2D eigenvalue weighted by Gasteiger charge is 2.34. The largest absolute Gasteiger partial charge is 0.207 e. The molecular weight excluding hydrogens is 231 g/mol. The summed E-state index contributed by atoms with van der Waals surface area (Å²) in [6.45, 7) is 0. The molecule has 0 radical (unpaired) electrons. The lowest BCUT2D eigenvalue weighted by Crippen LogP contribution is -1.96. The van der Waals surface area contributed by atoms with Crippen molar-refractivity contribution >= 4 is 15.9 Å². The average molecular weight is 239 g/mol. The Bertz CT molecular complexity index is 409. The van der Waals surface area contributed by atoms with Crippen molar-refractivity contribution in [3.8, 4) is 0 Å². The summed E-state index contributed by atoms with van der Waals surface area (Å²) < 4.78 is 14.4. The summed E-state index contributed by atoms with van der Waals surface area (Å²) in [5.74, 6) is 0.751. The Kier molecular flexibility index (Phi) is 1.46. The zero-order valence-corrected chi connectivity index (χ0v) is 8.51. The van der Waals surface area contributed by atoms with Crippen LogP contribution in [0.4, 0.5) is 4.39 Å². The zero-order valence-electron chi connectivity index (χ0n) is 6.93. The first-order valence-corrected chi connectivity index (χ1v) is 5.22. The van der Waals surface area contributed by atoms with Crippen LogP contribution in [0.25, 0.3) is 0 Å². The topological polar surface area (TPSA) is 0 Å². The summed E-state index contributed by atoms with van der Waals surface area (Å²) >= 11 is 3.32. The fourth-order valence-electron chi connectivity index (χ4n) is 2.45. The summed E-state index contributed by atoms with van der Waals surface area (Å²) in [5, 5.41) is 0. The molecule has 0 spiro atoms. The maximum atomic E-state index is 13.5. The third kappa shape index (κ3) is 0.953. The van der Waals surface area contributed by atoms with Crippen molar-refractivity contribution in [3.05, 3.63) is 45.7 Å². The minimum Gasteiger partial charge on any atom is -0.207 e. The number of hydrogen-bond donors (Lipinski definition) is 0. The van der Waals surface area contributed by atoms with Crippen molar-refractivity contribution in [3.63, 3.8) is 0 Å². The van der Waals surface area contributed by atoms with Crippen LogP contribution in [0.15, 0.2) is 28.8 Å². The van der Waals surface area contributed by atoms with E-state index in [1.807, 2.05) is 6.07 Å². The Hall–Kier alpha value is -0.630. The first kappa shape index (κ1) is 7.74. The number of allylic oxidation sites excluding steroid dienone is 2. The van der Waals surface area contributed by atoms with Crippen LogP contribution in [-0.4, -0.2) is 0 Å². The van der Waals surface area contributed by atoms with Crippen LogP contribution in [0, 0.1) is 5.82 Å². The minimum atomic E-state index is -0.0544. The molecule has 2 atom stereocenters. The second-order valence-electron chi connectivity index (χ2n) is 3.72. The molecule has 0 amide bonds. The third-order valence-electron chi connectivity index (χ3n) is 2.98. The van der Waals surface area contributed by atoms with Crippen LogP contribution in [0.3, 0.4) is 0 Å². The van der Waals surface area contributed by atoms with E-state index >= 15 is 0 Å². The predicted octanol–water partition coefficient (Wildman–Crippen LogP) is 3.73. The summed E-state index contributed by atoms with van der Waals surface area (Å²) in [6.07, 6.45) is 5.39. The lowest BCUT2D eigenvalue weighted by atomic mass is 9.97. The molecule has 2 bridgehead atoms. The molecule has 2 unspecified atom stereocenters. The fraction of sp³-hybridized carbons (Fsp3) is 0.273. The van der Waals surface area contributed by atoms with Crippen molar-refractivity contribution in [2.24, 2.45) is 0 Å². The molecule has 3 rings (SSSR count). The molecule has 1 aromatic carbocycles. The van der Waals surface area contributed by atoms with Crippen molar-refractivity contribution < 1.29 is 4.39 Å². The molecular formula is C11H8BrF. The summed E-state index contributed by atoms with van der Waals surface area (Å²) in [6, 6.07) is 3.61. The second-order valence-corrected chi connectivity index (χ2v) is 4.64. The molecule has 13 heavy (non-hydrogen) atoms. The molecule has 2 aliphatic rings. The van der Waals surface area contributed by atoms with Crippen molar-refractivity contribution in [2.75, 3.05) is 0 Å². The van der Waals surface area contributed by atoms with Crippen molar-refractivity contribution in [2.45, 2.75) is 18.3 Å². The molecule has 2 heteroatoms. The second kappa shape index (κ2) is 2.44. The van der Waals surface area contributed by atoms with Gasteiger partial charge in [0.15, 0.2) is 0 Å². The molecule has 0 nitrogen and oxygen atoms in total. The zero-order chi connectivity index (χ0) is 9.00. The van der Waals surface area contributed by atoms with E-state index in [1.165, 1.54) is 5.56 Å². The number of fused-ring (bicyclic) bond motifs is 5. The van der Waals surface area contributed by atoms with Gasteiger partial charge in [0, 0.05) is 16.3 Å². The van der Waals surface area contributed by atoms with Crippen LogP contribution in [0.5, 0.6) is 0 Å². The Morgan fingerprint density at radius 1 is 1.23 bits per heavy atom. The standard InChI is InChI=1S/C11H8BrF/c12-8-4-9-6-1-2-7(3-6)11(9)10(13)5-8/h1-2,4-7H,3H2. The lowest BCUT2D eigenvalue weighted by Gasteiger charge is -2.11. The highest BCUT2D eigenvalue weighted by atomic mass is 79.9. The molecule has 0 saturated heterocycles. The van der Waals surface area contributed by atoms with E-state index < -0.39 is 0 Å². The SMILES string of the molecule is Fc1cc(Br)cc2c1C1C=CC2C1. The van der Waals surface area contributed by atoms with Gasteiger partial charge in [0.2, 0.25) is 0 Å². The van der Waals surface area contributed by atoms with Gasteiger partial charge < -0.3 is 0 Å². The fourth-order valence-corrected chi connectivity index (χ4v) is 2.89. The smallest absolute Gasteiger partial charge is 0.128 e. The highest BCUT2D eigenvalue weighted by Crippen LogP contribution is 2.49. The van der Waals surface area contributed by atoms with Gasteiger partial charge >= 0.3 is 0 Å². The van der Waals surface area contributed by atoms with Crippen LogP contribution in [-0.2, 0) is 0 Å². The Balaban J connectivity index is 2.29. The number of rotatable bonds is 0. The van der Waals surface area contributed by atoms with Crippen molar-refractivity contribution in [1.29, 1.82) is 0 Å². The van der Waals surface area contributed by atoms with Crippen molar-refractivity contribution in [1.82, 2.24) is 0 Å². The van der Waals surface area contributed by atoms with E-state index in [-0.39, 0.29) is 5.82 Å². The predicted molar refractivity (Wildman–Crippen MR) is 53.3 cm³/mol. The van der Waals surface area contributed by atoms with E-state index in [2.05, 4.69) is 28.1 Å². The Morgan fingerprint density at radius 3 is 2.85 bits per heavy atom. The molecule has 1 aromatic rings. The van der Waals surface area contributed by atoms with Gasteiger partial charge in [0.1, 0.15) is 5.82 Å². The number of hydrogen-bond acceptors (Lipinski definition) is 0. The van der Waals surface area contributed by atoms with Gasteiger partial charge in [-0.1, -0.05) is 28.1 Å². The average Bonchev–Trinajstić information content (AvgIpc) is 2.62. The number of halogens is 2. The molecule has 66 valence electrons. The minimum absolute atomic E-state index is 0.0544. The van der Waals surface area contributed by atoms with Crippen LogP contribution in [0.1, 0.15) is 29.4 Å². The van der Waals surface area contributed by atoms with Gasteiger partial charge in [-0.2, -0.15) is 0 Å². The third-order valence-corrected chi connectivity index (χ3v) is 3.44. The lowest BCUT2D eigenvalue weighted by molar-refractivity contribution is 0.605. The Morgan fingerprint density at radius 2 is 2.00 bits per heavy atom. The molecule has 0 aromatic heterocycles. The van der Waals surface area contributed by atoms with Gasteiger partial charge in [-0.15, -0.1) is 0 Å². The molecule has 0 N–H and O–H groups in total. The van der Waals surface area contributed by atoms with E-state index in [0.717, 1.165) is 16.5 Å². The van der Waals surface area contributed by atoms with E-state index in [4.69, 9.17) is 0 Å². The van der Waals surface area contributed by atoms with Gasteiger partial charge in [0.25, 0.3) is 0 Å². The van der Waals surface area contributed by atoms with E-state index in [9.17, 15) is 4.39 Å².